The first-order chi connectivity index (χ1) is 15.3. The quantitative estimate of drug-likeness (QED) is 0.377. The van der Waals surface area contributed by atoms with Gasteiger partial charge in [0.1, 0.15) is 11.0 Å². The van der Waals surface area contributed by atoms with E-state index in [9.17, 15) is 9.59 Å². The topological polar surface area (TPSA) is 96.0 Å². The van der Waals surface area contributed by atoms with E-state index >= 15 is 0 Å². The van der Waals surface area contributed by atoms with Crippen molar-refractivity contribution in [3.05, 3.63) is 58.1 Å². The maximum atomic E-state index is 12.9. The Hall–Kier alpha value is -2.68. The number of hydrogen-bond donors (Lipinski definition) is 3. The van der Waals surface area contributed by atoms with Gasteiger partial charge in [0.05, 0.1) is 10.0 Å². The lowest BCUT2D eigenvalue weighted by molar-refractivity contribution is -0.119. The third-order valence-electron chi connectivity index (χ3n) is 4.88. The summed E-state index contributed by atoms with van der Waals surface area (Å²) in [6, 6.07) is 11.3. The minimum atomic E-state index is -0.769. The summed E-state index contributed by atoms with van der Waals surface area (Å²) in [5.74, 6) is -0.477. The Bertz CT molecular complexity index is 1120. The molecule has 0 unspecified atom stereocenters. The molecule has 0 radical (unpaired) electrons. The number of halogens is 2. The summed E-state index contributed by atoms with van der Waals surface area (Å²) >= 11 is 13.2. The number of aryl methyl sites for hydroxylation is 1. The van der Waals surface area contributed by atoms with Gasteiger partial charge in [-0.1, -0.05) is 78.6 Å². The zero-order chi connectivity index (χ0) is 23.3. The standard InChI is InChI=1S/C22H23Cl2N5O2S/c1-4-13(3)18(26-21(31)25-15-8-9-16(23)17(24)11-15)19(30)27-22-29-28-20(32-22)14-7-5-6-12(2)10-14/h5-11,13,18H,4H2,1-3H3,(H2,25,26,31)(H,27,29,30)/t13-,18+/m0/s1. The molecule has 0 fully saturated rings. The van der Waals surface area contributed by atoms with Crippen LogP contribution in [0.5, 0.6) is 0 Å². The Morgan fingerprint density at radius 3 is 2.53 bits per heavy atom. The molecule has 0 spiro atoms. The maximum absolute atomic E-state index is 12.9. The second-order valence-electron chi connectivity index (χ2n) is 7.36. The Labute approximate surface area is 200 Å². The first-order valence-electron chi connectivity index (χ1n) is 10.0. The van der Waals surface area contributed by atoms with E-state index in [1.54, 1.807) is 12.1 Å². The summed E-state index contributed by atoms with van der Waals surface area (Å²) in [5.41, 5.74) is 2.50. The van der Waals surface area contributed by atoms with Gasteiger partial charge in [0.2, 0.25) is 11.0 Å². The van der Waals surface area contributed by atoms with Gasteiger partial charge in [0.15, 0.2) is 0 Å². The molecule has 1 heterocycles. The van der Waals surface area contributed by atoms with Crippen LogP contribution in [0.15, 0.2) is 42.5 Å². The van der Waals surface area contributed by atoms with Gasteiger partial charge in [-0.25, -0.2) is 4.79 Å². The highest BCUT2D eigenvalue weighted by Gasteiger charge is 2.27. The molecule has 10 heteroatoms. The zero-order valence-electron chi connectivity index (χ0n) is 17.8. The van der Waals surface area contributed by atoms with Crippen molar-refractivity contribution in [1.29, 1.82) is 0 Å². The highest BCUT2D eigenvalue weighted by molar-refractivity contribution is 7.18. The molecule has 0 aliphatic carbocycles. The van der Waals surface area contributed by atoms with Crippen LogP contribution in [0, 0.1) is 12.8 Å². The first-order valence-corrected chi connectivity index (χ1v) is 11.6. The van der Waals surface area contributed by atoms with E-state index in [0.717, 1.165) is 11.1 Å². The average molecular weight is 492 g/mol. The van der Waals surface area contributed by atoms with Crippen molar-refractivity contribution in [3.8, 4) is 10.6 Å². The lowest BCUT2D eigenvalue weighted by atomic mass is 9.98. The molecule has 0 bridgehead atoms. The predicted octanol–water partition coefficient (Wildman–Crippen LogP) is 6.00. The molecule has 0 saturated carbocycles. The molecule has 3 amide bonds. The van der Waals surface area contributed by atoms with Gasteiger partial charge in [-0.3, -0.25) is 10.1 Å². The van der Waals surface area contributed by atoms with Crippen LogP contribution in [0.1, 0.15) is 25.8 Å². The number of anilines is 2. The summed E-state index contributed by atoms with van der Waals surface area (Å²) in [4.78, 5) is 25.5. The number of amides is 3. The molecule has 3 rings (SSSR count). The Kier molecular flexibility index (Phi) is 8.06. The summed E-state index contributed by atoms with van der Waals surface area (Å²) < 4.78 is 0. The van der Waals surface area contributed by atoms with Gasteiger partial charge in [-0.2, -0.15) is 0 Å². The predicted molar refractivity (Wildman–Crippen MR) is 131 cm³/mol. The Morgan fingerprint density at radius 2 is 1.84 bits per heavy atom. The average Bonchev–Trinajstić information content (AvgIpc) is 3.22. The van der Waals surface area contributed by atoms with Gasteiger partial charge in [-0.05, 0) is 37.1 Å². The number of aromatic nitrogens is 2. The number of nitrogens with one attached hydrogen (secondary N) is 3. The number of benzene rings is 2. The van der Waals surface area contributed by atoms with Gasteiger partial charge in [0, 0.05) is 11.3 Å². The van der Waals surface area contributed by atoms with Crippen molar-refractivity contribution >= 4 is 57.3 Å². The SMILES string of the molecule is CC[C@H](C)[C@@H](NC(=O)Nc1ccc(Cl)c(Cl)c1)C(=O)Nc1nnc(-c2cccc(C)c2)s1. The van der Waals surface area contributed by atoms with E-state index < -0.39 is 12.1 Å². The van der Waals surface area contributed by atoms with E-state index in [-0.39, 0.29) is 11.8 Å². The minimum Gasteiger partial charge on any atom is -0.326 e. The van der Waals surface area contributed by atoms with Gasteiger partial charge >= 0.3 is 6.03 Å². The van der Waals surface area contributed by atoms with Crippen molar-refractivity contribution in [3.63, 3.8) is 0 Å². The van der Waals surface area contributed by atoms with Crippen LogP contribution < -0.4 is 16.0 Å². The van der Waals surface area contributed by atoms with Crippen molar-refractivity contribution < 1.29 is 9.59 Å². The summed E-state index contributed by atoms with van der Waals surface area (Å²) in [6.07, 6.45) is 0.690. The molecule has 2 atom stereocenters. The molecule has 168 valence electrons. The molecule has 3 N–H and O–H groups in total. The summed E-state index contributed by atoms with van der Waals surface area (Å²) in [7, 11) is 0. The fourth-order valence-corrected chi connectivity index (χ4v) is 3.98. The molecule has 7 nitrogen and oxygen atoms in total. The van der Waals surface area contributed by atoms with Gasteiger partial charge in [-0.15, -0.1) is 10.2 Å². The first kappa shape index (κ1) is 24.0. The molecular formula is C22H23Cl2N5O2S. The number of urea groups is 1. The fourth-order valence-electron chi connectivity index (χ4n) is 2.94. The van der Waals surface area contributed by atoms with Crippen LogP contribution in [-0.2, 0) is 4.79 Å². The van der Waals surface area contributed by atoms with Crippen LogP contribution in [0.25, 0.3) is 10.6 Å². The third kappa shape index (κ3) is 6.18. The molecule has 3 aromatic rings. The number of nitrogens with zero attached hydrogens (tertiary/aromatic N) is 2. The van der Waals surface area contributed by atoms with Crippen molar-refractivity contribution in [1.82, 2.24) is 15.5 Å². The van der Waals surface area contributed by atoms with Crippen LogP contribution in [-0.4, -0.2) is 28.2 Å². The fraction of sp³-hybridized carbons (Fsp3) is 0.273. The lowest BCUT2D eigenvalue weighted by Gasteiger charge is -2.23. The van der Waals surface area contributed by atoms with E-state index in [2.05, 4.69) is 26.1 Å². The van der Waals surface area contributed by atoms with Crippen LogP contribution >= 0.6 is 34.5 Å². The van der Waals surface area contributed by atoms with Crippen LogP contribution in [0.3, 0.4) is 0 Å². The molecule has 32 heavy (non-hydrogen) atoms. The number of rotatable bonds is 7. The highest BCUT2D eigenvalue weighted by atomic mass is 35.5. The molecule has 0 aliphatic rings. The summed E-state index contributed by atoms with van der Waals surface area (Å²) in [6.45, 7) is 5.84. The largest absolute Gasteiger partial charge is 0.326 e. The highest BCUT2D eigenvalue weighted by Crippen LogP contribution is 2.27. The molecule has 0 aliphatic heterocycles. The Balaban J connectivity index is 1.68. The Morgan fingerprint density at radius 1 is 1.06 bits per heavy atom. The van der Waals surface area contributed by atoms with Crippen LogP contribution in [0.2, 0.25) is 10.0 Å². The van der Waals surface area contributed by atoms with E-state index in [4.69, 9.17) is 23.2 Å². The molecule has 0 saturated heterocycles. The second kappa shape index (κ2) is 10.8. The van der Waals surface area contributed by atoms with E-state index in [1.807, 2.05) is 45.0 Å². The molecular weight excluding hydrogens is 469 g/mol. The zero-order valence-corrected chi connectivity index (χ0v) is 20.1. The van der Waals surface area contributed by atoms with E-state index in [0.29, 0.717) is 32.3 Å². The lowest BCUT2D eigenvalue weighted by Crippen LogP contribution is -2.49. The van der Waals surface area contributed by atoms with Gasteiger partial charge in [0.25, 0.3) is 0 Å². The minimum absolute atomic E-state index is 0.112. The molecule has 2 aromatic carbocycles. The number of carbonyl (C=O) groups is 2. The monoisotopic (exact) mass is 491 g/mol. The smallest absolute Gasteiger partial charge is 0.319 e. The van der Waals surface area contributed by atoms with E-state index in [1.165, 1.54) is 17.4 Å². The normalized spacial score (nSPS) is 12.7. The van der Waals surface area contributed by atoms with Crippen molar-refractivity contribution in [2.45, 2.75) is 33.2 Å². The van der Waals surface area contributed by atoms with Crippen molar-refractivity contribution in [2.75, 3.05) is 10.6 Å². The number of carbonyl (C=O) groups excluding carboxylic acids is 2. The van der Waals surface area contributed by atoms with Crippen LogP contribution in [0.4, 0.5) is 15.6 Å². The van der Waals surface area contributed by atoms with Crippen molar-refractivity contribution in [2.24, 2.45) is 5.92 Å². The maximum Gasteiger partial charge on any atom is 0.319 e. The second-order valence-corrected chi connectivity index (χ2v) is 9.15. The summed E-state index contributed by atoms with van der Waals surface area (Å²) in [5, 5.41) is 18.2. The third-order valence-corrected chi connectivity index (χ3v) is 6.51. The molecule has 1 aromatic heterocycles. The number of hydrogen-bond acceptors (Lipinski definition) is 5. The van der Waals surface area contributed by atoms with Gasteiger partial charge < -0.3 is 10.6 Å².